The van der Waals surface area contributed by atoms with E-state index in [4.69, 9.17) is 5.73 Å². The number of aromatic nitrogens is 2. The molecule has 1 aromatic rings. The van der Waals surface area contributed by atoms with Crippen LogP contribution in [0.25, 0.3) is 0 Å². The molecule has 0 aromatic carbocycles. The fourth-order valence-corrected chi connectivity index (χ4v) is 2.24. The number of thioether (sulfide) groups is 1. The second kappa shape index (κ2) is 5.35. The van der Waals surface area contributed by atoms with Gasteiger partial charge in [0.15, 0.2) is 5.16 Å². The third-order valence-corrected chi connectivity index (χ3v) is 3.21. The Morgan fingerprint density at radius 2 is 2.35 bits per heavy atom. The van der Waals surface area contributed by atoms with Crippen molar-refractivity contribution in [1.82, 2.24) is 15.3 Å². The zero-order chi connectivity index (χ0) is 12.3. The van der Waals surface area contributed by atoms with Gasteiger partial charge in [0.05, 0.1) is 0 Å². The maximum atomic E-state index is 11.4. The van der Waals surface area contributed by atoms with Crippen LogP contribution < -0.4 is 11.1 Å². The van der Waals surface area contributed by atoms with Gasteiger partial charge in [0.25, 0.3) is 0 Å². The smallest absolute Gasteiger partial charge is 0.221 e. The Labute approximate surface area is 105 Å². The number of carbonyl (C=O) groups excluding carboxylic acids is 1. The van der Waals surface area contributed by atoms with Crippen molar-refractivity contribution in [3.05, 3.63) is 11.8 Å². The Hall–Kier alpha value is -1.30. The summed E-state index contributed by atoms with van der Waals surface area (Å²) in [5.74, 6) is 1.27. The Balaban J connectivity index is 1.74. The molecule has 1 heterocycles. The van der Waals surface area contributed by atoms with E-state index in [1.54, 1.807) is 6.07 Å². The maximum Gasteiger partial charge on any atom is 0.221 e. The molecule has 0 saturated heterocycles. The molecular weight excluding hydrogens is 236 g/mol. The summed E-state index contributed by atoms with van der Waals surface area (Å²) in [5, 5.41) is 3.59. The number of carbonyl (C=O) groups is 1. The highest BCUT2D eigenvalue weighted by molar-refractivity contribution is 7.99. The summed E-state index contributed by atoms with van der Waals surface area (Å²) in [6, 6.07) is 2.16. The first-order valence-corrected chi connectivity index (χ1v) is 6.65. The molecule has 1 fully saturated rings. The highest BCUT2D eigenvalue weighted by atomic mass is 32.2. The molecule has 3 N–H and O–H groups in total. The third kappa shape index (κ3) is 4.22. The van der Waals surface area contributed by atoms with Crippen molar-refractivity contribution in [2.45, 2.75) is 37.4 Å². The van der Waals surface area contributed by atoms with Crippen LogP contribution in [0.5, 0.6) is 0 Å². The Kier molecular flexibility index (Phi) is 3.83. The Bertz CT molecular complexity index is 400. The second-order valence-electron chi connectivity index (χ2n) is 4.16. The number of nitrogens with two attached hydrogens (primary N) is 1. The number of nitrogen functional groups attached to an aromatic ring is 1. The molecule has 92 valence electrons. The number of anilines is 1. The van der Waals surface area contributed by atoms with Crippen molar-refractivity contribution in [3.8, 4) is 0 Å². The highest BCUT2D eigenvalue weighted by Gasteiger charge is 2.22. The summed E-state index contributed by atoms with van der Waals surface area (Å²) in [5.41, 5.74) is 6.47. The molecule has 1 aliphatic carbocycles. The molecule has 6 heteroatoms. The minimum absolute atomic E-state index is 0.112. The predicted octanol–water partition coefficient (Wildman–Crippen LogP) is 1.13. The summed E-state index contributed by atoms with van der Waals surface area (Å²) < 4.78 is 0. The lowest BCUT2D eigenvalue weighted by atomic mass is 10.4. The van der Waals surface area contributed by atoms with Gasteiger partial charge >= 0.3 is 0 Å². The molecule has 17 heavy (non-hydrogen) atoms. The number of hydrogen-bond donors (Lipinski definition) is 2. The van der Waals surface area contributed by atoms with Gasteiger partial charge in [-0.15, -0.1) is 0 Å². The molecule has 1 aromatic heterocycles. The zero-order valence-electron chi connectivity index (χ0n) is 9.77. The van der Waals surface area contributed by atoms with Crippen LogP contribution in [0.3, 0.4) is 0 Å². The van der Waals surface area contributed by atoms with Crippen LogP contribution in [0.4, 0.5) is 5.82 Å². The van der Waals surface area contributed by atoms with Crippen LogP contribution in [0.15, 0.2) is 11.2 Å². The van der Waals surface area contributed by atoms with E-state index in [1.165, 1.54) is 11.8 Å². The molecular formula is C11H16N4OS. The minimum atomic E-state index is 0.112. The number of nitrogens with one attached hydrogen (secondary N) is 1. The lowest BCUT2D eigenvalue weighted by Crippen LogP contribution is -2.25. The lowest BCUT2D eigenvalue weighted by molar-refractivity contribution is -0.120. The molecule has 5 nitrogen and oxygen atoms in total. The number of amides is 1. The molecule has 0 atom stereocenters. The van der Waals surface area contributed by atoms with Crippen LogP contribution in [-0.2, 0) is 4.79 Å². The van der Waals surface area contributed by atoms with E-state index in [9.17, 15) is 4.79 Å². The second-order valence-corrected chi connectivity index (χ2v) is 5.22. The molecule has 2 rings (SSSR count). The van der Waals surface area contributed by atoms with E-state index < -0.39 is 0 Å². The number of aryl methyl sites for hydroxylation is 1. The Morgan fingerprint density at radius 3 is 3.00 bits per heavy atom. The SMILES string of the molecule is Cc1cc(N)nc(SCCC(=O)NC2CC2)n1. The third-order valence-electron chi connectivity index (χ3n) is 2.36. The van der Waals surface area contributed by atoms with E-state index in [-0.39, 0.29) is 5.91 Å². The van der Waals surface area contributed by atoms with E-state index in [1.807, 2.05) is 6.92 Å². The summed E-state index contributed by atoms with van der Waals surface area (Å²) >= 11 is 1.46. The molecule has 0 bridgehead atoms. The zero-order valence-corrected chi connectivity index (χ0v) is 10.6. The first kappa shape index (κ1) is 12.2. The van der Waals surface area contributed by atoms with Crippen molar-refractivity contribution in [3.63, 3.8) is 0 Å². The normalized spacial score (nSPS) is 14.6. The van der Waals surface area contributed by atoms with Crippen molar-refractivity contribution in [2.75, 3.05) is 11.5 Å². The van der Waals surface area contributed by atoms with Crippen molar-refractivity contribution >= 4 is 23.5 Å². The highest BCUT2D eigenvalue weighted by Crippen LogP contribution is 2.19. The molecule has 0 aliphatic heterocycles. The van der Waals surface area contributed by atoms with Crippen molar-refractivity contribution in [2.24, 2.45) is 0 Å². The number of rotatable bonds is 5. The molecule has 0 unspecified atom stereocenters. The van der Waals surface area contributed by atoms with E-state index in [0.717, 1.165) is 18.5 Å². The average Bonchev–Trinajstić information content (AvgIpc) is 3.00. The summed E-state index contributed by atoms with van der Waals surface area (Å²) in [6.45, 7) is 1.88. The Morgan fingerprint density at radius 1 is 1.59 bits per heavy atom. The van der Waals surface area contributed by atoms with Gasteiger partial charge in [-0.2, -0.15) is 0 Å². The predicted molar refractivity (Wildman–Crippen MR) is 67.7 cm³/mol. The monoisotopic (exact) mass is 252 g/mol. The first-order valence-electron chi connectivity index (χ1n) is 5.67. The molecule has 1 saturated carbocycles. The number of nitrogens with zero attached hydrogens (tertiary/aromatic N) is 2. The standard InChI is InChI=1S/C11H16N4OS/c1-7-6-9(12)15-11(13-7)17-5-4-10(16)14-8-2-3-8/h6,8H,2-5H2,1H3,(H,14,16)(H2,12,13,15). The van der Waals surface area contributed by atoms with Crippen molar-refractivity contribution < 1.29 is 4.79 Å². The van der Waals surface area contributed by atoms with Gasteiger partial charge in [0.1, 0.15) is 5.82 Å². The van der Waals surface area contributed by atoms with Crippen LogP contribution in [0.2, 0.25) is 0 Å². The largest absolute Gasteiger partial charge is 0.384 e. The maximum absolute atomic E-state index is 11.4. The van der Waals surface area contributed by atoms with Gasteiger partial charge in [-0.05, 0) is 19.8 Å². The summed E-state index contributed by atoms with van der Waals surface area (Å²) in [6.07, 6.45) is 2.74. The fraction of sp³-hybridized carbons (Fsp3) is 0.545. The summed E-state index contributed by atoms with van der Waals surface area (Å²) in [4.78, 5) is 19.8. The lowest BCUT2D eigenvalue weighted by Gasteiger charge is -2.03. The quantitative estimate of drug-likeness (QED) is 0.606. The molecule has 0 spiro atoms. The van der Waals surface area contributed by atoms with Crippen LogP contribution in [-0.4, -0.2) is 27.7 Å². The molecule has 1 aliphatic rings. The van der Waals surface area contributed by atoms with Gasteiger partial charge < -0.3 is 11.1 Å². The van der Waals surface area contributed by atoms with Crippen LogP contribution >= 0.6 is 11.8 Å². The van der Waals surface area contributed by atoms with Crippen LogP contribution in [0, 0.1) is 6.92 Å². The van der Waals surface area contributed by atoms with E-state index in [0.29, 0.717) is 29.2 Å². The van der Waals surface area contributed by atoms with E-state index in [2.05, 4.69) is 15.3 Å². The fourth-order valence-electron chi connectivity index (χ4n) is 1.39. The number of hydrogen-bond acceptors (Lipinski definition) is 5. The van der Waals surface area contributed by atoms with Gasteiger partial charge in [-0.25, -0.2) is 9.97 Å². The van der Waals surface area contributed by atoms with Gasteiger partial charge in [0.2, 0.25) is 5.91 Å². The van der Waals surface area contributed by atoms with Gasteiger partial charge in [-0.1, -0.05) is 11.8 Å². The summed E-state index contributed by atoms with van der Waals surface area (Å²) in [7, 11) is 0. The van der Waals surface area contributed by atoms with Gasteiger partial charge in [0, 0.05) is 30.0 Å². The van der Waals surface area contributed by atoms with E-state index >= 15 is 0 Å². The minimum Gasteiger partial charge on any atom is -0.384 e. The topological polar surface area (TPSA) is 80.9 Å². The molecule has 1 amide bonds. The first-order chi connectivity index (χ1) is 8.13. The molecule has 0 radical (unpaired) electrons. The van der Waals surface area contributed by atoms with Crippen molar-refractivity contribution in [1.29, 1.82) is 0 Å². The van der Waals surface area contributed by atoms with Crippen LogP contribution in [0.1, 0.15) is 25.0 Å². The van der Waals surface area contributed by atoms with Gasteiger partial charge in [-0.3, -0.25) is 4.79 Å². The average molecular weight is 252 g/mol.